The molecule has 0 spiro atoms. The van der Waals surface area contributed by atoms with Gasteiger partial charge in [-0.1, -0.05) is 388 Å². The van der Waals surface area contributed by atoms with Crippen molar-refractivity contribution in [3.05, 3.63) is 85.1 Å². The van der Waals surface area contributed by atoms with E-state index in [0.717, 1.165) is 89.9 Å². The van der Waals surface area contributed by atoms with E-state index < -0.39 is 26.5 Å². The molecule has 0 aromatic heterocycles. The van der Waals surface area contributed by atoms with Gasteiger partial charge in [0.1, 0.15) is 19.8 Å². The molecule has 0 heterocycles. The van der Waals surface area contributed by atoms with Gasteiger partial charge < -0.3 is 27.9 Å². The molecule has 2 unspecified atom stereocenters. The fourth-order valence-electron chi connectivity index (χ4n) is 11.8. The van der Waals surface area contributed by atoms with Crippen LogP contribution in [-0.4, -0.2) is 70.0 Å². The Morgan fingerprint density at radius 3 is 0.904 bits per heavy atom. The number of unbranched alkanes of at least 4 members (excludes halogenated alkanes) is 47. The van der Waals surface area contributed by atoms with Crippen LogP contribution in [0, 0.1) is 0 Å². The van der Waals surface area contributed by atoms with Crippen molar-refractivity contribution in [2.45, 2.75) is 392 Å². The predicted octanol–water partition coefficient (Wildman–Crippen LogP) is 26.2. The van der Waals surface area contributed by atoms with Gasteiger partial charge in [0.25, 0.3) is 7.82 Å². The minimum Gasteiger partial charge on any atom is -0.756 e. The first-order valence-corrected chi connectivity index (χ1v) is 41.8. The maximum absolute atomic E-state index is 12.9. The topological polar surface area (TPSA) is 111 Å². The summed E-state index contributed by atoms with van der Waals surface area (Å²) < 4.78 is 34.4. The number of phosphoric acid groups is 1. The van der Waals surface area contributed by atoms with Crippen LogP contribution in [0.4, 0.5) is 0 Å². The van der Waals surface area contributed by atoms with Gasteiger partial charge in [-0.25, -0.2) is 0 Å². The Hall–Kier alpha value is -2.81. The SMILES string of the molecule is CC/C=C\C/C=C\C/C=C\C/C=C\C/C=C\C/C=C\C/C=C\CCCCCCCCCC(=O)OC(COC(=O)CCCCCCCCCCCCCCCCCCCCCCCCCCCCCCCCCCCCCCCCCCC)COP(=O)([O-])OCC[N+](C)(C)C. The van der Waals surface area contributed by atoms with E-state index >= 15 is 0 Å². The normalized spacial score (nSPS) is 13.5. The van der Waals surface area contributed by atoms with E-state index in [-0.39, 0.29) is 32.0 Å². The van der Waals surface area contributed by atoms with Gasteiger partial charge in [0.15, 0.2) is 6.10 Å². The molecule has 9 nitrogen and oxygen atoms in total. The summed E-state index contributed by atoms with van der Waals surface area (Å²) >= 11 is 0. The van der Waals surface area contributed by atoms with Crippen LogP contribution in [0.2, 0.25) is 0 Å². The Balaban J connectivity index is 3.92. The van der Waals surface area contributed by atoms with Crippen LogP contribution < -0.4 is 4.89 Å². The summed E-state index contributed by atoms with van der Waals surface area (Å²) in [5.74, 6) is -0.835. The molecule has 0 aliphatic heterocycles. The largest absolute Gasteiger partial charge is 0.756 e. The molecule has 0 aromatic rings. The summed E-state index contributed by atoms with van der Waals surface area (Å²) in [5.41, 5.74) is 0. The molecule has 0 saturated carbocycles. The lowest BCUT2D eigenvalue weighted by molar-refractivity contribution is -0.870. The van der Waals surface area contributed by atoms with Crippen molar-refractivity contribution in [2.75, 3.05) is 47.5 Å². The van der Waals surface area contributed by atoms with Gasteiger partial charge in [-0.2, -0.15) is 0 Å². The number of quaternary nitrogens is 1. The van der Waals surface area contributed by atoms with Crippen molar-refractivity contribution in [3.63, 3.8) is 0 Å². The monoisotopic (exact) mass is 1340 g/mol. The third-order valence-corrected chi connectivity index (χ3v) is 18.9. The number of esters is 2. The minimum absolute atomic E-state index is 0.0354. The van der Waals surface area contributed by atoms with Gasteiger partial charge in [0.05, 0.1) is 27.7 Å². The number of ether oxygens (including phenoxy) is 2. The number of allylic oxidation sites excluding steroid dienone is 14. The number of nitrogens with zero attached hydrogens (tertiary/aromatic N) is 1. The number of carbonyl (C=O) groups excluding carboxylic acids is 2. The number of carbonyl (C=O) groups is 2. The van der Waals surface area contributed by atoms with Crippen LogP contribution in [0.25, 0.3) is 0 Å². The zero-order chi connectivity index (χ0) is 68.3. The van der Waals surface area contributed by atoms with E-state index in [2.05, 4.69) is 98.9 Å². The van der Waals surface area contributed by atoms with Crippen molar-refractivity contribution >= 4 is 19.8 Å². The van der Waals surface area contributed by atoms with E-state index in [0.29, 0.717) is 17.4 Å². The molecule has 0 aliphatic carbocycles. The second-order valence-corrected chi connectivity index (χ2v) is 29.8. The Morgan fingerprint density at radius 1 is 0.340 bits per heavy atom. The number of phosphoric ester groups is 1. The van der Waals surface area contributed by atoms with Gasteiger partial charge in [0, 0.05) is 12.8 Å². The molecule has 0 amide bonds. The van der Waals surface area contributed by atoms with Crippen LogP contribution in [0.15, 0.2) is 85.1 Å². The van der Waals surface area contributed by atoms with Crippen molar-refractivity contribution < 1.29 is 42.1 Å². The molecule has 0 rings (SSSR count). The van der Waals surface area contributed by atoms with Crippen LogP contribution >= 0.6 is 7.82 Å². The van der Waals surface area contributed by atoms with Gasteiger partial charge in [-0.05, 0) is 70.6 Å². The summed E-state index contributed by atoms with van der Waals surface area (Å²) in [6.45, 7) is 4.16. The van der Waals surface area contributed by atoms with E-state index in [1.54, 1.807) is 0 Å². The Morgan fingerprint density at radius 2 is 0.606 bits per heavy atom. The van der Waals surface area contributed by atoms with Gasteiger partial charge in [-0.3, -0.25) is 14.2 Å². The van der Waals surface area contributed by atoms with E-state index in [1.165, 1.54) is 263 Å². The van der Waals surface area contributed by atoms with Crippen LogP contribution in [-0.2, 0) is 32.7 Å². The standard InChI is InChI=1S/C84H154NO8P/c1-6-8-10-12-14-16-18-20-22-24-26-28-30-32-34-36-37-38-39-40-41-42-43-44-45-46-47-49-50-52-54-56-58-60-62-64-66-68-70-72-74-76-83(86)90-80-82(81-92-94(88,89)91-79-78-85(3,4)5)93-84(87)77-75-73-71-69-67-65-63-61-59-57-55-53-51-48-35-33-31-29-27-25-23-21-19-17-15-13-11-9-7-2/h9,11,15,17,21,23,27,29,33,35,51,53,57,59,82H,6-8,10,12-14,16,18-20,22,24-26,28,30-32,34,36-50,52,54-56,58,60-81H2,1-5H3/b11-9-,17-15-,23-21-,29-27-,35-33-,53-51-,59-57-. The highest BCUT2D eigenvalue weighted by Gasteiger charge is 2.22. The molecule has 0 aliphatic rings. The average molecular weight is 1340 g/mol. The van der Waals surface area contributed by atoms with E-state index in [4.69, 9.17) is 18.5 Å². The summed E-state index contributed by atoms with van der Waals surface area (Å²) in [5, 5.41) is 0. The van der Waals surface area contributed by atoms with E-state index in [9.17, 15) is 19.0 Å². The molecular weight excluding hydrogens is 1180 g/mol. The smallest absolute Gasteiger partial charge is 0.306 e. The lowest BCUT2D eigenvalue weighted by Gasteiger charge is -2.28. The van der Waals surface area contributed by atoms with Crippen LogP contribution in [0.3, 0.4) is 0 Å². The zero-order valence-corrected chi connectivity index (χ0v) is 63.6. The van der Waals surface area contributed by atoms with Crippen molar-refractivity contribution in [1.82, 2.24) is 0 Å². The fourth-order valence-corrected chi connectivity index (χ4v) is 12.5. The molecular formula is C84H154NO8P. The molecule has 0 aromatic carbocycles. The average Bonchev–Trinajstić information content (AvgIpc) is 1.65. The Labute approximate surface area is 583 Å². The van der Waals surface area contributed by atoms with Crippen LogP contribution in [0.5, 0.6) is 0 Å². The molecule has 0 N–H and O–H groups in total. The molecule has 94 heavy (non-hydrogen) atoms. The lowest BCUT2D eigenvalue weighted by Crippen LogP contribution is -2.37. The van der Waals surface area contributed by atoms with Gasteiger partial charge >= 0.3 is 11.9 Å². The van der Waals surface area contributed by atoms with Crippen LogP contribution in [0.1, 0.15) is 386 Å². The Bertz CT molecular complexity index is 1860. The van der Waals surface area contributed by atoms with E-state index in [1.807, 2.05) is 21.1 Å². The molecule has 0 saturated heterocycles. The predicted molar refractivity (Wildman–Crippen MR) is 406 cm³/mol. The molecule has 0 bridgehead atoms. The maximum Gasteiger partial charge on any atom is 0.306 e. The van der Waals surface area contributed by atoms with Crippen molar-refractivity contribution in [2.24, 2.45) is 0 Å². The lowest BCUT2D eigenvalue weighted by atomic mass is 10.0. The quantitative estimate of drug-likeness (QED) is 0.0195. The molecule has 548 valence electrons. The number of hydrogen-bond donors (Lipinski definition) is 0. The summed E-state index contributed by atoms with van der Waals surface area (Å²) in [4.78, 5) is 38.2. The highest BCUT2D eigenvalue weighted by molar-refractivity contribution is 7.45. The third-order valence-electron chi connectivity index (χ3n) is 17.9. The molecule has 0 fully saturated rings. The Kier molecular flexibility index (Phi) is 72.2. The van der Waals surface area contributed by atoms with Crippen molar-refractivity contribution in [1.29, 1.82) is 0 Å². The second kappa shape index (κ2) is 74.4. The molecule has 0 radical (unpaired) electrons. The van der Waals surface area contributed by atoms with Gasteiger partial charge in [0.2, 0.25) is 0 Å². The minimum atomic E-state index is -4.65. The number of likely N-dealkylation sites (N-methyl/N-ethyl adjacent to an activating group) is 1. The number of hydrogen-bond acceptors (Lipinski definition) is 8. The molecule has 2 atom stereocenters. The first-order valence-electron chi connectivity index (χ1n) is 40.3. The zero-order valence-electron chi connectivity index (χ0n) is 62.7. The van der Waals surface area contributed by atoms with Crippen molar-refractivity contribution in [3.8, 4) is 0 Å². The number of rotatable bonds is 75. The summed E-state index contributed by atoms with van der Waals surface area (Å²) in [7, 11) is 1.16. The summed E-state index contributed by atoms with van der Waals surface area (Å²) in [6, 6.07) is 0. The first-order chi connectivity index (χ1) is 46.0. The maximum atomic E-state index is 12.9. The molecule has 10 heteroatoms. The summed E-state index contributed by atoms with van der Waals surface area (Å²) in [6.07, 6.45) is 103. The van der Waals surface area contributed by atoms with Gasteiger partial charge in [-0.15, -0.1) is 0 Å². The highest BCUT2D eigenvalue weighted by atomic mass is 31.2. The highest BCUT2D eigenvalue weighted by Crippen LogP contribution is 2.38. The fraction of sp³-hybridized carbons (Fsp3) is 0.810. The second-order valence-electron chi connectivity index (χ2n) is 28.4. The third kappa shape index (κ3) is 78.2. The first kappa shape index (κ1) is 91.2.